The molecule has 2 aromatic rings. The highest BCUT2D eigenvalue weighted by molar-refractivity contribution is 9.10. The van der Waals surface area contributed by atoms with E-state index < -0.39 is 10.0 Å². The molecule has 2 saturated carbocycles. The zero-order valence-electron chi connectivity index (χ0n) is 16.0. The van der Waals surface area contributed by atoms with Crippen LogP contribution in [0.15, 0.2) is 51.8 Å². The maximum Gasteiger partial charge on any atom is 0.265 e. The van der Waals surface area contributed by atoms with Gasteiger partial charge in [-0.3, -0.25) is 9.52 Å². The first-order valence-corrected chi connectivity index (χ1v) is 11.9. The third kappa shape index (κ3) is 4.28. The maximum atomic E-state index is 12.9. The minimum Gasteiger partial charge on any atom is -0.495 e. The summed E-state index contributed by atoms with van der Waals surface area (Å²) in [5.74, 6) is 1.34. The second-order valence-electron chi connectivity index (χ2n) is 7.75. The lowest BCUT2D eigenvalue weighted by atomic mass is 9.88. The first-order chi connectivity index (χ1) is 13.9. The molecule has 0 aliphatic heterocycles. The molecule has 29 heavy (non-hydrogen) atoms. The highest BCUT2D eigenvalue weighted by Crippen LogP contribution is 2.48. The molecule has 2 aliphatic rings. The molecular weight excluding hydrogens is 456 g/mol. The summed E-state index contributed by atoms with van der Waals surface area (Å²) < 4.78 is 34.6. The van der Waals surface area contributed by atoms with Crippen LogP contribution in [0, 0.1) is 17.8 Å². The van der Waals surface area contributed by atoms with Gasteiger partial charge in [0, 0.05) is 21.8 Å². The number of hydrogen-bond donors (Lipinski definition) is 2. The number of anilines is 2. The van der Waals surface area contributed by atoms with E-state index in [4.69, 9.17) is 4.74 Å². The lowest BCUT2D eigenvalue weighted by Gasteiger charge is -2.21. The Bertz CT molecular complexity index is 1020. The molecule has 0 radical (unpaired) electrons. The fourth-order valence-corrected chi connectivity index (χ4v) is 6.01. The molecule has 0 saturated heterocycles. The Balaban J connectivity index is 1.56. The van der Waals surface area contributed by atoms with Crippen molar-refractivity contribution >= 4 is 43.2 Å². The van der Waals surface area contributed by atoms with Gasteiger partial charge in [0.15, 0.2) is 0 Å². The van der Waals surface area contributed by atoms with E-state index in [1.54, 1.807) is 36.4 Å². The number of nitrogens with one attached hydrogen (secondary N) is 2. The summed E-state index contributed by atoms with van der Waals surface area (Å²) in [7, 11) is -2.48. The normalized spacial score (nSPS) is 23.0. The summed E-state index contributed by atoms with van der Waals surface area (Å²) in [6.45, 7) is 0. The van der Waals surface area contributed by atoms with Crippen LogP contribution < -0.4 is 14.8 Å². The van der Waals surface area contributed by atoms with Gasteiger partial charge in [0.2, 0.25) is 5.91 Å². The molecular formula is C21H23BrN2O4S. The number of hydrogen-bond acceptors (Lipinski definition) is 4. The quantitative estimate of drug-likeness (QED) is 0.633. The predicted molar refractivity (Wildman–Crippen MR) is 116 cm³/mol. The van der Waals surface area contributed by atoms with E-state index in [1.807, 2.05) is 0 Å². The van der Waals surface area contributed by atoms with Crippen LogP contribution in [0.25, 0.3) is 0 Å². The molecule has 2 bridgehead atoms. The summed E-state index contributed by atoms with van der Waals surface area (Å²) in [6, 6.07) is 11.5. The van der Waals surface area contributed by atoms with Gasteiger partial charge in [-0.25, -0.2) is 8.42 Å². The Hall–Kier alpha value is -2.06. The zero-order valence-corrected chi connectivity index (χ0v) is 18.4. The van der Waals surface area contributed by atoms with Crippen molar-refractivity contribution in [3.05, 3.63) is 46.9 Å². The molecule has 3 unspecified atom stereocenters. The first-order valence-electron chi connectivity index (χ1n) is 9.63. The first kappa shape index (κ1) is 20.2. The van der Waals surface area contributed by atoms with Crippen LogP contribution in [0.5, 0.6) is 5.75 Å². The SMILES string of the molecule is COc1ccc(NC(=O)C2CC3CCC2C3)cc1S(=O)(=O)Nc1ccc(Br)cc1. The summed E-state index contributed by atoms with van der Waals surface area (Å²) in [4.78, 5) is 12.7. The van der Waals surface area contributed by atoms with Crippen molar-refractivity contribution in [3.63, 3.8) is 0 Å². The number of fused-ring (bicyclic) bond motifs is 2. The lowest BCUT2D eigenvalue weighted by Crippen LogP contribution is -2.27. The molecule has 0 aromatic heterocycles. The molecule has 6 nitrogen and oxygen atoms in total. The fourth-order valence-electron chi connectivity index (χ4n) is 4.49. The van der Waals surface area contributed by atoms with Crippen molar-refractivity contribution in [2.24, 2.45) is 17.8 Å². The van der Waals surface area contributed by atoms with Crippen LogP contribution in [0.2, 0.25) is 0 Å². The van der Waals surface area contributed by atoms with Crippen molar-refractivity contribution in [1.82, 2.24) is 0 Å². The topological polar surface area (TPSA) is 84.5 Å². The Morgan fingerprint density at radius 3 is 2.41 bits per heavy atom. The second-order valence-corrected chi connectivity index (χ2v) is 10.3. The molecule has 8 heteroatoms. The number of carbonyl (C=O) groups is 1. The summed E-state index contributed by atoms with van der Waals surface area (Å²) >= 11 is 3.33. The number of amides is 1. The van der Waals surface area contributed by atoms with Gasteiger partial charge in [0.25, 0.3) is 10.0 Å². The van der Waals surface area contributed by atoms with Crippen molar-refractivity contribution in [1.29, 1.82) is 0 Å². The van der Waals surface area contributed by atoms with Crippen molar-refractivity contribution < 1.29 is 17.9 Å². The number of carbonyl (C=O) groups excluding carboxylic acids is 1. The van der Waals surface area contributed by atoms with Crippen LogP contribution in [0.1, 0.15) is 25.7 Å². The van der Waals surface area contributed by atoms with Crippen molar-refractivity contribution in [2.75, 3.05) is 17.1 Å². The average Bonchev–Trinajstić information content (AvgIpc) is 3.33. The number of halogens is 1. The molecule has 2 fully saturated rings. The lowest BCUT2D eigenvalue weighted by molar-refractivity contribution is -0.121. The van der Waals surface area contributed by atoms with E-state index in [2.05, 4.69) is 26.0 Å². The highest BCUT2D eigenvalue weighted by Gasteiger charge is 2.43. The minimum absolute atomic E-state index is 0.0198. The number of methoxy groups -OCH3 is 1. The average molecular weight is 479 g/mol. The number of rotatable bonds is 6. The molecule has 2 N–H and O–H groups in total. The van der Waals surface area contributed by atoms with Gasteiger partial charge in [-0.2, -0.15) is 0 Å². The third-order valence-electron chi connectivity index (χ3n) is 5.89. The van der Waals surface area contributed by atoms with Crippen LogP contribution in [0.3, 0.4) is 0 Å². The third-order valence-corrected chi connectivity index (χ3v) is 7.82. The highest BCUT2D eigenvalue weighted by atomic mass is 79.9. The van der Waals surface area contributed by atoms with E-state index in [1.165, 1.54) is 19.6 Å². The van der Waals surface area contributed by atoms with E-state index >= 15 is 0 Å². The Morgan fingerprint density at radius 2 is 1.79 bits per heavy atom. The van der Waals surface area contributed by atoms with Crippen LogP contribution >= 0.6 is 15.9 Å². The van der Waals surface area contributed by atoms with E-state index in [-0.39, 0.29) is 22.5 Å². The number of ether oxygens (including phenoxy) is 1. The van der Waals surface area contributed by atoms with Crippen LogP contribution in [-0.2, 0) is 14.8 Å². The van der Waals surface area contributed by atoms with E-state index in [9.17, 15) is 13.2 Å². The van der Waals surface area contributed by atoms with Crippen molar-refractivity contribution in [3.8, 4) is 5.75 Å². The van der Waals surface area contributed by atoms with Gasteiger partial charge >= 0.3 is 0 Å². The molecule has 0 spiro atoms. The van der Waals surface area contributed by atoms with E-state index in [0.29, 0.717) is 23.2 Å². The van der Waals surface area contributed by atoms with Gasteiger partial charge in [0.05, 0.1) is 7.11 Å². The predicted octanol–water partition coefficient (Wildman–Crippen LogP) is 4.63. The van der Waals surface area contributed by atoms with Crippen LogP contribution in [0.4, 0.5) is 11.4 Å². The summed E-state index contributed by atoms with van der Waals surface area (Å²) in [6.07, 6.45) is 4.41. The molecule has 1 amide bonds. The number of benzene rings is 2. The largest absolute Gasteiger partial charge is 0.495 e. The molecule has 4 rings (SSSR count). The molecule has 2 aromatic carbocycles. The van der Waals surface area contributed by atoms with E-state index in [0.717, 1.165) is 23.7 Å². The standard InChI is InChI=1S/C21H23BrN2O4S/c1-28-19-9-8-17(23-21(25)18-11-13-2-3-14(18)10-13)12-20(19)29(26,27)24-16-6-4-15(22)5-7-16/h4-9,12-14,18,24H,2-3,10-11H2,1H3,(H,23,25). The summed E-state index contributed by atoms with van der Waals surface area (Å²) in [5, 5.41) is 2.91. The maximum absolute atomic E-state index is 12.9. The minimum atomic E-state index is -3.90. The monoisotopic (exact) mass is 478 g/mol. The molecule has 2 aliphatic carbocycles. The Morgan fingerprint density at radius 1 is 1.07 bits per heavy atom. The van der Waals surface area contributed by atoms with Gasteiger partial charge in [0.1, 0.15) is 10.6 Å². The van der Waals surface area contributed by atoms with Crippen LogP contribution in [-0.4, -0.2) is 21.4 Å². The smallest absolute Gasteiger partial charge is 0.265 e. The Labute approximate surface area is 179 Å². The van der Waals surface area contributed by atoms with Gasteiger partial charge in [-0.05, 0) is 73.6 Å². The van der Waals surface area contributed by atoms with Gasteiger partial charge in [-0.15, -0.1) is 0 Å². The van der Waals surface area contributed by atoms with Crippen molar-refractivity contribution in [2.45, 2.75) is 30.6 Å². The van der Waals surface area contributed by atoms with Gasteiger partial charge in [-0.1, -0.05) is 22.4 Å². The number of sulfonamides is 1. The fraction of sp³-hybridized carbons (Fsp3) is 0.381. The molecule has 3 atom stereocenters. The van der Waals surface area contributed by atoms with Gasteiger partial charge < -0.3 is 10.1 Å². The summed E-state index contributed by atoms with van der Waals surface area (Å²) in [5.41, 5.74) is 0.890. The zero-order chi connectivity index (χ0) is 20.6. The molecule has 154 valence electrons. The Kier molecular flexibility index (Phi) is 5.57. The molecule has 0 heterocycles. The second kappa shape index (κ2) is 7.99.